The molecule has 5 nitrogen and oxygen atoms in total. The molecule has 3 rings (SSSR count). The number of piperidine rings is 1. The van der Waals surface area contributed by atoms with Gasteiger partial charge in [-0.3, -0.25) is 4.98 Å². The van der Waals surface area contributed by atoms with Gasteiger partial charge in [-0.2, -0.15) is 0 Å². The second-order valence-corrected chi connectivity index (χ2v) is 6.63. The number of aromatic nitrogens is 2. The van der Waals surface area contributed by atoms with E-state index in [9.17, 15) is 0 Å². The van der Waals surface area contributed by atoms with Gasteiger partial charge in [-0.05, 0) is 50.5 Å². The number of nitrogens with zero attached hydrogens (tertiary/aromatic N) is 3. The van der Waals surface area contributed by atoms with Crippen LogP contribution in [0.1, 0.15) is 31.4 Å². The molecule has 0 aliphatic carbocycles. The van der Waals surface area contributed by atoms with E-state index in [4.69, 9.17) is 4.74 Å². The molecule has 2 aliphatic rings. The first kappa shape index (κ1) is 15.7. The Labute approximate surface area is 133 Å². The van der Waals surface area contributed by atoms with Crippen LogP contribution in [0.25, 0.3) is 0 Å². The zero-order valence-electron chi connectivity index (χ0n) is 13.6. The van der Waals surface area contributed by atoms with Gasteiger partial charge in [-0.15, -0.1) is 0 Å². The lowest BCUT2D eigenvalue weighted by Gasteiger charge is -2.36. The molecule has 1 N–H and O–H groups in total. The summed E-state index contributed by atoms with van der Waals surface area (Å²) in [6, 6.07) is 0. The van der Waals surface area contributed by atoms with E-state index in [2.05, 4.69) is 20.2 Å². The summed E-state index contributed by atoms with van der Waals surface area (Å²) < 4.78 is 5.47. The molecule has 0 aromatic carbocycles. The molecule has 0 amide bonds. The zero-order valence-corrected chi connectivity index (χ0v) is 13.6. The standard InChI is InChI=1S/C17H28N4O/c1-18-17-16(19-6-7-20-17)11-15-3-2-8-21(13-15)12-14-4-9-22-10-5-14/h6-7,14-15H,2-5,8-13H2,1H3,(H,18,20)/t15-/m0/s1. The van der Waals surface area contributed by atoms with Crippen LogP contribution in [0.3, 0.4) is 0 Å². The average Bonchev–Trinajstić information content (AvgIpc) is 2.57. The van der Waals surface area contributed by atoms with E-state index in [1.54, 1.807) is 12.4 Å². The first-order chi connectivity index (χ1) is 10.8. The minimum absolute atomic E-state index is 0.706. The minimum Gasteiger partial charge on any atom is -0.381 e. The average molecular weight is 304 g/mol. The number of rotatable bonds is 5. The van der Waals surface area contributed by atoms with E-state index in [0.29, 0.717) is 5.92 Å². The van der Waals surface area contributed by atoms with Gasteiger partial charge in [0.15, 0.2) is 0 Å². The predicted octanol–water partition coefficient (Wildman–Crippen LogP) is 2.20. The highest BCUT2D eigenvalue weighted by atomic mass is 16.5. The number of nitrogens with one attached hydrogen (secondary N) is 1. The van der Waals surface area contributed by atoms with E-state index < -0.39 is 0 Å². The third-order valence-electron chi connectivity index (χ3n) is 4.95. The lowest BCUT2D eigenvalue weighted by atomic mass is 9.91. The molecule has 1 aromatic heterocycles. The van der Waals surface area contributed by atoms with Crippen LogP contribution in [-0.4, -0.2) is 54.8 Å². The summed E-state index contributed by atoms with van der Waals surface area (Å²) in [5, 5.41) is 3.16. The van der Waals surface area contributed by atoms with Crippen LogP contribution in [-0.2, 0) is 11.2 Å². The molecule has 0 radical (unpaired) electrons. The van der Waals surface area contributed by atoms with E-state index in [1.807, 2.05) is 7.05 Å². The molecule has 0 saturated carbocycles. The molecule has 0 bridgehead atoms. The SMILES string of the molecule is CNc1nccnc1C[C@@H]1CCCN(CC2CCOCC2)C1. The summed E-state index contributed by atoms with van der Waals surface area (Å²) in [6.07, 6.45) is 9.68. The molecule has 2 saturated heterocycles. The van der Waals surface area contributed by atoms with Gasteiger partial charge in [0.2, 0.25) is 0 Å². The summed E-state index contributed by atoms with van der Waals surface area (Å²) in [7, 11) is 1.92. The summed E-state index contributed by atoms with van der Waals surface area (Å²) in [4.78, 5) is 11.6. The number of anilines is 1. The van der Waals surface area contributed by atoms with Crippen LogP contribution < -0.4 is 5.32 Å². The monoisotopic (exact) mass is 304 g/mol. The van der Waals surface area contributed by atoms with Crippen molar-refractivity contribution < 1.29 is 4.74 Å². The van der Waals surface area contributed by atoms with Crippen molar-refractivity contribution in [3.05, 3.63) is 18.1 Å². The maximum Gasteiger partial charge on any atom is 0.147 e. The van der Waals surface area contributed by atoms with Gasteiger partial charge in [-0.25, -0.2) is 4.98 Å². The topological polar surface area (TPSA) is 50.3 Å². The summed E-state index contributed by atoms with van der Waals surface area (Å²) in [6.45, 7) is 5.61. The van der Waals surface area contributed by atoms with Crippen LogP contribution in [0, 0.1) is 11.8 Å². The molecule has 5 heteroatoms. The first-order valence-corrected chi connectivity index (χ1v) is 8.63. The summed E-state index contributed by atoms with van der Waals surface area (Å²) >= 11 is 0. The molecular weight excluding hydrogens is 276 g/mol. The van der Waals surface area contributed by atoms with Crippen LogP contribution in [0.4, 0.5) is 5.82 Å². The Kier molecular flexibility index (Phi) is 5.62. The second kappa shape index (κ2) is 7.88. The van der Waals surface area contributed by atoms with Crippen molar-refractivity contribution in [3.63, 3.8) is 0 Å². The fourth-order valence-electron chi connectivity index (χ4n) is 3.78. The highest BCUT2D eigenvalue weighted by Gasteiger charge is 2.24. The van der Waals surface area contributed by atoms with Crippen LogP contribution in [0.5, 0.6) is 0 Å². The van der Waals surface area contributed by atoms with Gasteiger partial charge in [0, 0.05) is 45.7 Å². The number of hydrogen-bond acceptors (Lipinski definition) is 5. The van der Waals surface area contributed by atoms with Crippen molar-refractivity contribution in [2.45, 2.75) is 32.1 Å². The molecule has 2 aliphatic heterocycles. The maximum atomic E-state index is 5.47. The molecule has 22 heavy (non-hydrogen) atoms. The summed E-state index contributed by atoms with van der Waals surface area (Å²) in [5.41, 5.74) is 1.11. The molecule has 0 unspecified atom stereocenters. The third-order valence-corrected chi connectivity index (χ3v) is 4.95. The molecule has 1 aromatic rings. The Hall–Kier alpha value is -1.20. The highest BCUT2D eigenvalue weighted by Crippen LogP contribution is 2.24. The lowest BCUT2D eigenvalue weighted by molar-refractivity contribution is 0.0452. The molecular formula is C17H28N4O. The third kappa shape index (κ3) is 4.17. The van der Waals surface area contributed by atoms with Crippen molar-refractivity contribution in [2.24, 2.45) is 11.8 Å². The van der Waals surface area contributed by atoms with Gasteiger partial charge in [0.05, 0.1) is 5.69 Å². The Morgan fingerprint density at radius 3 is 2.82 bits per heavy atom. The Morgan fingerprint density at radius 1 is 1.18 bits per heavy atom. The van der Waals surface area contributed by atoms with Gasteiger partial charge in [-0.1, -0.05) is 0 Å². The van der Waals surface area contributed by atoms with E-state index in [-0.39, 0.29) is 0 Å². The van der Waals surface area contributed by atoms with Crippen LogP contribution in [0.2, 0.25) is 0 Å². The van der Waals surface area contributed by atoms with Crippen LogP contribution in [0.15, 0.2) is 12.4 Å². The Bertz CT molecular complexity index is 462. The smallest absolute Gasteiger partial charge is 0.147 e. The number of likely N-dealkylation sites (tertiary alicyclic amines) is 1. The van der Waals surface area contributed by atoms with Crippen LogP contribution >= 0.6 is 0 Å². The van der Waals surface area contributed by atoms with E-state index >= 15 is 0 Å². The van der Waals surface area contributed by atoms with Gasteiger partial charge in [0.1, 0.15) is 5.82 Å². The van der Waals surface area contributed by atoms with Crippen molar-refractivity contribution in [3.8, 4) is 0 Å². The number of ether oxygens (including phenoxy) is 1. The molecule has 3 heterocycles. The molecule has 2 fully saturated rings. The Balaban J connectivity index is 1.53. The fourth-order valence-corrected chi connectivity index (χ4v) is 3.78. The van der Waals surface area contributed by atoms with Gasteiger partial charge < -0.3 is 15.0 Å². The van der Waals surface area contributed by atoms with Crippen molar-refractivity contribution in [1.82, 2.24) is 14.9 Å². The maximum absolute atomic E-state index is 5.47. The van der Waals surface area contributed by atoms with E-state index in [1.165, 1.54) is 45.3 Å². The van der Waals surface area contributed by atoms with Crippen molar-refractivity contribution in [1.29, 1.82) is 0 Å². The normalized spacial score (nSPS) is 24.3. The zero-order chi connectivity index (χ0) is 15.2. The predicted molar refractivity (Wildman–Crippen MR) is 88.0 cm³/mol. The van der Waals surface area contributed by atoms with E-state index in [0.717, 1.165) is 37.1 Å². The summed E-state index contributed by atoms with van der Waals surface area (Å²) in [5.74, 6) is 2.47. The van der Waals surface area contributed by atoms with Gasteiger partial charge in [0.25, 0.3) is 0 Å². The minimum atomic E-state index is 0.706. The van der Waals surface area contributed by atoms with Crippen molar-refractivity contribution >= 4 is 5.82 Å². The van der Waals surface area contributed by atoms with Crippen molar-refractivity contribution in [2.75, 3.05) is 45.2 Å². The molecule has 1 atom stereocenters. The molecule has 122 valence electrons. The fraction of sp³-hybridized carbons (Fsp3) is 0.765. The molecule has 0 spiro atoms. The lowest BCUT2D eigenvalue weighted by Crippen LogP contribution is -2.40. The van der Waals surface area contributed by atoms with Gasteiger partial charge >= 0.3 is 0 Å². The largest absolute Gasteiger partial charge is 0.381 e. The highest BCUT2D eigenvalue weighted by molar-refractivity contribution is 5.38. The second-order valence-electron chi connectivity index (χ2n) is 6.63. The number of hydrogen-bond donors (Lipinski definition) is 1. The first-order valence-electron chi connectivity index (χ1n) is 8.63. The Morgan fingerprint density at radius 2 is 2.00 bits per heavy atom. The quantitative estimate of drug-likeness (QED) is 0.904.